The Morgan fingerprint density at radius 1 is 1.38 bits per heavy atom. The Balaban J connectivity index is 2.11. The van der Waals surface area contributed by atoms with E-state index >= 15 is 0 Å². The van der Waals surface area contributed by atoms with Crippen molar-refractivity contribution in [1.29, 1.82) is 0 Å². The lowest BCUT2D eigenvalue weighted by molar-refractivity contribution is -0.147. The molecule has 0 bridgehead atoms. The maximum Gasteiger partial charge on any atom is 0.310 e. The SMILES string of the molecule is CCOC(=O)C(C)CN(C(=O)c1ccccc1F)C1CC1. The summed E-state index contributed by atoms with van der Waals surface area (Å²) in [5.74, 6) is -1.63. The minimum atomic E-state index is -0.531. The van der Waals surface area contributed by atoms with E-state index in [0.29, 0.717) is 6.61 Å². The van der Waals surface area contributed by atoms with Crippen molar-refractivity contribution in [3.05, 3.63) is 35.6 Å². The zero-order chi connectivity index (χ0) is 15.4. The van der Waals surface area contributed by atoms with Gasteiger partial charge in [-0.1, -0.05) is 19.1 Å². The first kappa shape index (κ1) is 15.5. The molecule has 4 nitrogen and oxygen atoms in total. The Morgan fingerprint density at radius 2 is 2.05 bits per heavy atom. The van der Waals surface area contributed by atoms with E-state index in [9.17, 15) is 14.0 Å². The van der Waals surface area contributed by atoms with Gasteiger partial charge in [0.05, 0.1) is 18.1 Å². The smallest absolute Gasteiger partial charge is 0.310 e. The second-order valence-electron chi connectivity index (χ2n) is 5.32. The largest absolute Gasteiger partial charge is 0.466 e. The second-order valence-corrected chi connectivity index (χ2v) is 5.32. The zero-order valence-corrected chi connectivity index (χ0v) is 12.3. The van der Waals surface area contributed by atoms with Gasteiger partial charge in [-0.25, -0.2) is 4.39 Å². The number of hydrogen-bond donors (Lipinski definition) is 0. The maximum atomic E-state index is 13.8. The number of benzene rings is 1. The molecular formula is C16H20FNO3. The molecular weight excluding hydrogens is 273 g/mol. The van der Waals surface area contributed by atoms with Crippen LogP contribution in [0.1, 0.15) is 37.0 Å². The summed E-state index contributed by atoms with van der Waals surface area (Å²) >= 11 is 0. The average Bonchev–Trinajstić information content (AvgIpc) is 3.29. The molecule has 0 N–H and O–H groups in total. The van der Waals surface area contributed by atoms with Crippen LogP contribution in [-0.2, 0) is 9.53 Å². The standard InChI is InChI=1S/C16H20FNO3/c1-3-21-16(20)11(2)10-18(12-8-9-12)15(19)13-6-4-5-7-14(13)17/h4-7,11-12H,3,8-10H2,1-2H3. The number of amides is 1. The van der Waals surface area contributed by atoms with Crippen molar-refractivity contribution in [2.45, 2.75) is 32.7 Å². The summed E-state index contributed by atoms with van der Waals surface area (Å²) in [4.78, 5) is 25.8. The average molecular weight is 293 g/mol. The molecule has 1 aliphatic carbocycles. The Bertz CT molecular complexity index is 528. The highest BCUT2D eigenvalue weighted by atomic mass is 19.1. The molecule has 1 aromatic carbocycles. The fourth-order valence-electron chi connectivity index (χ4n) is 2.23. The fourth-order valence-corrected chi connectivity index (χ4v) is 2.23. The van der Waals surface area contributed by atoms with Crippen LogP contribution in [0.15, 0.2) is 24.3 Å². The predicted molar refractivity (Wildman–Crippen MR) is 76.3 cm³/mol. The molecule has 21 heavy (non-hydrogen) atoms. The van der Waals surface area contributed by atoms with Crippen molar-refractivity contribution < 1.29 is 18.7 Å². The molecule has 1 unspecified atom stereocenters. The number of halogens is 1. The van der Waals surface area contributed by atoms with E-state index in [4.69, 9.17) is 4.74 Å². The summed E-state index contributed by atoms with van der Waals surface area (Å²) in [6.07, 6.45) is 1.80. The molecule has 1 saturated carbocycles. The van der Waals surface area contributed by atoms with E-state index in [-0.39, 0.29) is 30.0 Å². The quantitative estimate of drug-likeness (QED) is 0.757. The minimum absolute atomic E-state index is 0.0560. The van der Waals surface area contributed by atoms with Crippen molar-refractivity contribution in [2.75, 3.05) is 13.2 Å². The lowest BCUT2D eigenvalue weighted by Crippen LogP contribution is -2.39. The first-order valence-corrected chi connectivity index (χ1v) is 7.26. The first-order chi connectivity index (χ1) is 10.0. The number of carbonyl (C=O) groups excluding carboxylic acids is 2. The Morgan fingerprint density at radius 3 is 2.62 bits per heavy atom. The third kappa shape index (κ3) is 3.80. The van der Waals surface area contributed by atoms with E-state index in [1.807, 2.05) is 0 Å². The molecule has 114 valence electrons. The van der Waals surface area contributed by atoms with Gasteiger partial charge >= 0.3 is 5.97 Å². The fraction of sp³-hybridized carbons (Fsp3) is 0.500. The van der Waals surface area contributed by atoms with Crippen molar-refractivity contribution in [3.63, 3.8) is 0 Å². The van der Waals surface area contributed by atoms with E-state index in [1.165, 1.54) is 12.1 Å². The number of hydrogen-bond acceptors (Lipinski definition) is 3. The molecule has 0 aromatic heterocycles. The maximum absolute atomic E-state index is 13.8. The summed E-state index contributed by atoms with van der Waals surface area (Å²) < 4.78 is 18.7. The topological polar surface area (TPSA) is 46.6 Å². The van der Waals surface area contributed by atoms with Crippen molar-refractivity contribution in [3.8, 4) is 0 Å². The van der Waals surface area contributed by atoms with Crippen LogP contribution >= 0.6 is 0 Å². The molecule has 0 radical (unpaired) electrons. The lowest BCUT2D eigenvalue weighted by atomic mass is 10.1. The van der Waals surface area contributed by atoms with Crippen LogP contribution in [0, 0.1) is 11.7 Å². The monoisotopic (exact) mass is 293 g/mol. The van der Waals surface area contributed by atoms with Crippen molar-refractivity contribution in [1.82, 2.24) is 4.90 Å². The van der Waals surface area contributed by atoms with E-state index in [1.54, 1.807) is 30.9 Å². The number of rotatable bonds is 6. The van der Waals surface area contributed by atoms with E-state index in [2.05, 4.69) is 0 Å². The van der Waals surface area contributed by atoms with Gasteiger partial charge in [-0.2, -0.15) is 0 Å². The molecule has 1 fully saturated rings. The Labute approximate surface area is 123 Å². The van der Waals surface area contributed by atoms with Crippen LogP contribution in [0.2, 0.25) is 0 Å². The van der Waals surface area contributed by atoms with Gasteiger partial charge in [-0.15, -0.1) is 0 Å². The molecule has 0 saturated heterocycles. The summed E-state index contributed by atoms with van der Waals surface area (Å²) in [7, 11) is 0. The highest BCUT2D eigenvalue weighted by Gasteiger charge is 2.35. The predicted octanol–water partition coefficient (Wildman–Crippen LogP) is 2.63. The Kier molecular flexibility index (Phi) is 4.94. The number of nitrogens with zero attached hydrogens (tertiary/aromatic N) is 1. The molecule has 1 amide bonds. The van der Waals surface area contributed by atoms with Gasteiger partial charge in [0.1, 0.15) is 5.82 Å². The second kappa shape index (κ2) is 6.70. The van der Waals surface area contributed by atoms with Crippen LogP contribution < -0.4 is 0 Å². The zero-order valence-electron chi connectivity index (χ0n) is 12.3. The minimum Gasteiger partial charge on any atom is -0.466 e. The molecule has 1 aliphatic rings. The van der Waals surface area contributed by atoms with Crippen LogP contribution in [0.3, 0.4) is 0 Å². The molecule has 1 atom stereocenters. The summed E-state index contributed by atoms with van der Waals surface area (Å²) in [6, 6.07) is 6.04. The van der Waals surface area contributed by atoms with Gasteiger partial charge in [0, 0.05) is 12.6 Å². The lowest BCUT2D eigenvalue weighted by Gasteiger charge is -2.25. The Hall–Kier alpha value is -1.91. The molecule has 5 heteroatoms. The van der Waals surface area contributed by atoms with Crippen LogP contribution in [-0.4, -0.2) is 36.0 Å². The normalized spacial score (nSPS) is 15.4. The van der Waals surface area contributed by atoms with Crippen LogP contribution in [0.5, 0.6) is 0 Å². The highest BCUT2D eigenvalue weighted by molar-refractivity contribution is 5.95. The van der Waals surface area contributed by atoms with Crippen molar-refractivity contribution >= 4 is 11.9 Å². The number of carbonyl (C=O) groups is 2. The number of ether oxygens (including phenoxy) is 1. The van der Waals surface area contributed by atoms with Gasteiger partial charge in [0.2, 0.25) is 0 Å². The van der Waals surface area contributed by atoms with Gasteiger partial charge in [0.15, 0.2) is 0 Å². The third-order valence-electron chi connectivity index (χ3n) is 3.51. The molecule has 1 aromatic rings. The number of esters is 1. The highest BCUT2D eigenvalue weighted by Crippen LogP contribution is 2.29. The molecule has 2 rings (SSSR count). The summed E-state index contributed by atoms with van der Waals surface area (Å²) in [5, 5.41) is 0. The van der Waals surface area contributed by atoms with Crippen LogP contribution in [0.4, 0.5) is 4.39 Å². The summed E-state index contributed by atoms with van der Waals surface area (Å²) in [5.41, 5.74) is 0.0560. The summed E-state index contributed by atoms with van der Waals surface area (Å²) in [6.45, 7) is 4.04. The third-order valence-corrected chi connectivity index (χ3v) is 3.51. The molecule has 0 spiro atoms. The first-order valence-electron chi connectivity index (χ1n) is 7.26. The van der Waals surface area contributed by atoms with Gasteiger partial charge in [-0.3, -0.25) is 9.59 Å². The van der Waals surface area contributed by atoms with Crippen LogP contribution in [0.25, 0.3) is 0 Å². The van der Waals surface area contributed by atoms with E-state index in [0.717, 1.165) is 12.8 Å². The molecule has 0 aliphatic heterocycles. The molecule has 0 heterocycles. The van der Waals surface area contributed by atoms with E-state index < -0.39 is 11.7 Å². The van der Waals surface area contributed by atoms with Crippen molar-refractivity contribution in [2.24, 2.45) is 5.92 Å². The van der Waals surface area contributed by atoms with Gasteiger partial charge < -0.3 is 9.64 Å². The van der Waals surface area contributed by atoms with Gasteiger partial charge in [0.25, 0.3) is 5.91 Å². The van der Waals surface area contributed by atoms with Gasteiger partial charge in [-0.05, 0) is 31.9 Å².